The monoisotopic (exact) mass is 578 g/mol. The molecular formula is C28H30N6O4S2. The second kappa shape index (κ2) is 12.5. The second-order valence-corrected chi connectivity index (χ2v) is 12.9. The first-order valence-electron chi connectivity index (χ1n) is 12.5. The van der Waals surface area contributed by atoms with E-state index in [1.165, 1.54) is 35.6 Å². The molecule has 2 amide bonds. The Bertz CT molecular complexity index is 1630. The number of amides is 2. The van der Waals surface area contributed by atoms with Gasteiger partial charge in [-0.2, -0.15) is 0 Å². The first-order valence-corrected chi connectivity index (χ1v) is 14.9. The molecule has 0 spiro atoms. The van der Waals surface area contributed by atoms with Crippen molar-refractivity contribution in [2.75, 3.05) is 26.0 Å². The van der Waals surface area contributed by atoms with E-state index in [4.69, 9.17) is 0 Å². The molecule has 0 aliphatic heterocycles. The van der Waals surface area contributed by atoms with E-state index in [2.05, 4.69) is 25.6 Å². The van der Waals surface area contributed by atoms with E-state index in [1.807, 2.05) is 54.7 Å². The highest BCUT2D eigenvalue weighted by Crippen LogP contribution is 2.28. The molecule has 0 radical (unpaired) electrons. The van der Waals surface area contributed by atoms with Crippen LogP contribution in [0.15, 0.2) is 71.1 Å². The van der Waals surface area contributed by atoms with Crippen LogP contribution in [0.2, 0.25) is 0 Å². The van der Waals surface area contributed by atoms with Crippen LogP contribution in [0, 0.1) is 0 Å². The summed E-state index contributed by atoms with van der Waals surface area (Å²) in [5, 5.41) is 6.83. The van der Waals surface area contributed by atoms with Gasteiger partial charge in [-0.3, -0.25) is 9.59 Å². The summed E-state index contributed by atoms with van der Waals surface area (Å²) in [4.78, 5) is 40.6. The Morgan fingerprint density at radius 3 is 2.42 bits per heavy atom. The lowest BCUT2D eigenvalue weighted by Gasteiger charge is -2.10. The fraction of sp³-hybridized carbons (Fsp3) is 0.250. The van der Waals surface area contributed by atoms with Crippen LogP contribution in [0.3, 0.4) is 0 Å². The fourth-order valence-corrected chi connectivity index (χ4v) is 5.57. The number of rotatable bonds is 10. The minimum absolute atomic E-state index is 0.0627. The Kier molecular flexibility index (Phi) is 9.03. The lowest BCUT2D eigenvalue weighted by Crippen LogP contribution is -2.33. The zero-order valence-corrected chi connectivity index (χ0v) is 24.2. The van der Waals surface area contributed by atoms with Crippen molar-refractivity contribution >= 4 is 38.1 Å². The van der Waals surface area contributed by atoms with Crippen molar-refractivity contribution in [1.82, 2.24) is 25.2 Å². The number of benzene rings is 2. The Morgan fingerprint density at radius 2 is 1.70 bits per heavy atom. The Balaban J connectivity index is 1.38. The Labute approximate surface area is 237 Å². The van der Waals surface area contributed by atoms with Gasteiger partial charge in [0.1, 0.15) is 5.82 Å². The molecule has 0 aliphatic rings. The lowest BCUT2D eigenvalue weighted by molar-refractivity contribution is -0.115. The first-order chi connectivity index (χ1) is 19.0. The zero-order valence-electron chi connectivity index (χ0n) is 22.6. The molecule has 40 heavy (non-hydrogen) atoms. The number of anilines is 1. The molecule has 2 aromatic carbocycles. The molecule has 208 valence electrons. The molecular weight excluding hydrogens is 548 g/mol. The first kappa shape index (κ1) is 29.0. The van der Waals surface area contributed by atoms with Gasteiger partial charge in [0.25, 0.3) is 5.91 Å². The normalized spacial score (nSPS) is 11.6. The smallest absolute Gasteiger partial charge is 0.251 e. The van der Waals surface area contributed by atoms with E-state index in [0.29, 0.717) is 17.4 Å². The number of hydrogen-bond donors (Lipinski definition) is 2. The van der Waals surface area contributed by atoms with Crippen LogP contribution in [0.4, 0.5) is 5.13 Å². The molecule has 2 heterocycles. The van der Waals surface area contributed by atoms with Crippen LogP contribution < -0.4 is 10.6 Å². The van der Waals surface area contributed by atoms with E-state index < -0.39 is 26.9 Å². The summed E-state index contributed by atoms with van der Waals surface area (Å²) in [6.07, 6.45) is 1.74. The molecule has 2 aromatic heterocycles. The van der Waals surface area contributed by atoms with Crippen LogP contribution in [0.1, 0.15) is 30.0 Å². The number of nitrogens with one attached hydrogen (secondary N) is 2. The summed E-state index contributed by atoms with van der Waals surface area (Å²) in [7, 11) is 0.401. The van der Waals surface area contributed by atoms with Gasteiger partial charge in [0.05, 0.1) is 34.6 Å². The van der Waals surface area contributed by atoms with E-state index in [9.17, 15) is 18.0 Å². The van der Waals surface area contributed by atoms with Crippen molar-refractivity contribution in [2.24, 2.45) is 0 Å². The molecule has 0 atom stereocenters. The van der Waals surface area contributed by atoms with Gasteiger partial charge >= 0.3 is 0 Å². The highest BCUT2D eigenvalue weighted by molar-refractivity contribution is 7.92. The molecule has 0 aliphatic carbocycles. The van der Waals surface area contributed by atoms with Gasteiger partial charge in [-0.25, -0.2) is 23.4 Å². The number of sulfone groups is 1. The van der Waals surface area contributed by atoms with E-state index in [-0.39, 0.29) is 17.0 Å². The Hall–Kier alpha value is -4.00. The summed E-state index contributed by atoms with van der Waals surface area (Å²) in [6, 6.07) is 15.4. The average molecular weight is 579 g/mol. The fourth-order valence-electron chi connectivity index (χ4n) is 3.73. The maximum atomic E-state index is 12.6. The van der Waals surface area contributed by atoms with E-state index in [1.54, 1.807) is 20.0 Å². The molecule has 2 N–H and O–H groups in total. The Morgan fingerprint density at radius 1 is 0.975 bits per heavy atom. The quantitative estimate of drug-likeness (QED) is 0.290. The van der Waals surface area contributed by atoms with Crippen molar-refractivity contribution in [1.29, 1.82) is 0 Å². The summed E-state index contributed by atoms with van der Waals surface area (Å²) >= 11 is 1.27. The number of hydrogen-bond acceptors (Lipinski definition) is 9. The maximum Gasteiger partial charge on any atom is 0.251 e. The van der Waals surface area contributed by atoms with Crippen molar-refractivity contribution in [2.45, 2.75) is 30.5 Å². The van der Waals surface area contributed by atoms with Crippen molar-refractivity contribution in [3.63, 3.8) is 0 Å². The average Bonchev–Trinajstić information content (AvgIpc) is 3.40. The van der Waals surface area contributed by atoms with E-state index in [0.717, 1.165) is 22.6 Å². The predicted octanol–water partition coefficient (Wildman–Crippen LogP) is 3.88. The standard InChI is InChI=1S/C28H30N6O4S2/c1-18(2)40(37,38)22-10-6-9-21(14-22)27(36)30-15-26(35)33-28-32-24(17-39-28)20-8-5-7-19(13-20)23-11-12-29-25(31-23)16-34(3)4/h5-14,17-18H,15-16H2,1-4H3,(H,30,36)(H,32,33,35). The predicted molar refractivity (Wildman–Crippen MR) is 156 cm³/mol. The van der Waals surface area contributed by atoms with Crippen LogP contribution in [-0.2, 0) is 21.2 Å². The maximum absolute atomic E-state index is 12.6. The van der Waals surface area contributed by atoms with Crippen LogP contribution in [-0.4, -0.2) is 66.0 Å². The third-order valence-corrected chi connectivity index (χ3v) is 8.73. The molecule has 0 bridgehead atoms. The molecule has 4 rings (SSSR count). The molecule has 12 heteroatoms. The van der Waals surface area contributed by atoms with Crippen molar-refractivity contribution < 1.29 is 18.0 Å². The summed E-state index contributed by atoms with van der Waals surface area (Å²) < 4.78 is 24.8. The van der Waals surface area contributed by atoms with Gasteiger partial charge in [0.2, 0.25) is 5.91 Å². The highest BCUT2D eigenvalue weighted by Gasteiger charge is 2.20. The van der Waals surface area contributed by atoms with Crippen molar-refractivity contribution in [3.05, 3.63) is 77.6 Å². The lowest BCUT2D eigenvalue weighted by atomic mass is 10.1. The molecule has 10 nitrogen and oxygen atoms in total. The number of carbonyl (C=O) groups is 2. The van der Waals surface area contributed by atoms with Gasteiger partial charge in [-0.1, -0.05) is 24.3 Å². The zero-order chi connectivity index (χ0) is 28.9. The molecule has 0 fully saturated rings. The topological polar surface area (TPSA) is 134 Å². The van der Waals surface area contributed by atoms with Gasteiger partial charge in [0.15, 0.2) is 15.0 Å². The number of carbonyl (C=O) groups excluding carboxylic acids is 2. The largest absolute Gasteiger partial charge is 0.343 e. The van der Waals surface area contributed by atoms with Gasteiger partial charge in [-0.05, 0) is 58.3 Å². The molecule has 0 unspecified atom stereocenters. The molecule has 4 aromatic rings. The second-order valence-electron chi connectivity index (χ2n) is 9.57. The van der Waals surface area contributed by atoms with Gasteiger partial charge in [-0.15, -0.1) is 11.3 Å². The number of nitrogens with zero attached hydrogens (tertiary/aromatic N) is 4. The SMILES string of the molecule is CC(C)S(=O)(=O)c1cccc(C(=O)NCC(=O)Nc2nc(-c3cccc(-c4ccnc(CN(C)C)n4)c3)cs2)c1. The van der Waals surface area contributed by atoms with Gasteiger partial charge in [0, 0.05) is 28.3 Å². The third-order valence-electron chi connectivity index (χ3n) is 5.82. The van der Waals surface area contributed by atoms with Crippen LogP contribution in [0.5, 0.6) is 0 Å². The summed E-state index contributed by atoms with van der Waals surface area (Å²) in [5.74, 6) is -0.277. The minimum atomic E-state index is -3.52. The summed E-state index contributed by atoms with van der Waals surface area (Å²) in [5.41, 5.74) is 3.44. The molecule has 0 saturated carbocycles. The number of thiazole rings is 1. The molecule has 0 saturated heterocycles. The third kappa shape index (κ3) is 7.14. The van der Waals surface area contributed by atoms with Crippen LogP contribution in [0.25, 0.3) is 22.5 Å². The number of aromatic nitrogens is 3. The highest BCUT2D eigenvalue weighted by atomic mass is 32.2. The van der Waals surface area contributed by atoms with Gasteiger partial charge < -0.3 is 15.5 Å². The summed E-state index contributed by atoms with van der Waals surface area (Å²) in [6.45, 7) is 3.49. The van der Waals surface area contributed by atoms with Crippen LogP contribution >= 0.6 is 11.3 Å². The minimum Gasteiger partial charge on any atom is -0.343 e. The van der Waals surface area contributed by atoms with E-state index >= 15 is 0 Å². The van der Waals surface area contributed by atoms with Crippen molar-refractivity contribution in [3.8, 4) is 22.5 Å².